The van der Waals surface area contributed by atoms with Gasteiger partial charge in [-0.05, 0) is 42.7 Å². The van der Waals surface area contributed by atoms with Gasteiger partial charge in [0, 0.05) is 31.0 Å². The van der Waals surface area contributed by atoms with Gasteiger partial charge >= 0.3 is 0 Å². The van der Waals surface area contributed by atoms with E-state index in [1.165, 1.54) is 7.11 Å². The van der Waals surface area contributed by atoms with Gasteiger partial charge in [0.2, 0.25) is 10.0 Å². The maximum absolute atomic E-state index is 12.9. The standard InChI is InChI=1S/C20H25N3O4S/c1-27-18-8-4-6-16(14-18)20(24)22-11-13-28(25,26)23-12-3-2-9-19(23)17-7-5-10-21-15-17/h4-8,10,14-15,19H,2-3,9,11-13H2,1H3,(H,22,24)/t19-/m1/s1. The molecule has 0 aliphatic carbocycles. The largest absolute Gasteiger partial charge is 0.497 e. The third kappa shape index (κ3) is 4.88. The highest BCUT2D eigenvalue weighted by atomic mass is 32.2. The van der Waals surface area contributed by atoms with E-state index in [0.717, 1.165) is 24.8 Å². The number of methoxy groups -OCH3 is 1. The van der Waals surface area contributed by atoms with Gasteiger partial charge in [0.25, 0.3) is 5.91 Å². The van der Waals surface area contributed by atoms with Crippen molar-refractivity contribution in [2.75, 3.05) is 26.0 Å². The number of pyridine rings is 1. The highest BCUT2D eigenvalue weighted by Gasteiger charge is 2.33. The maximum atomic E-state index is 12.9. The number of aromatic nitrogens is 1. The molecule has 1 aliphatic rings. The topological polar surface area (TPSA) is 88.6 Å². The van der Waals surface area contributed by atoms with Crippen LogP contribution in [-0.4, -0.2) is 49.6 Å². The molecule has 0 radical (unpaired) electrons. The van der Waals surface area contributed by atoms with Crippen molar-refractivity contribution in [1.29, 1.82) is 0 Å². The van der Waals surface area contributed by atoms with Gasteiger partial charge in [-0.15, -0.1) is 0 Å². The summed E-state index contributed by atoms with van der Waals surface area (Å²) in [7, 11) is -1.98. The molecule has 8 heteroatoms. The van der Waals surface area contributed by atoms with E-state index in [1.807, 2.05) is 12.1 Å². The summed E-state index contributed by atoms with van der Waals surface area (Å²) in [6.45, 7) is 0.542. The van der Waals surface area contributed by atoms with Crippen LogP contribution in [0.2, 0.25) is 0 Å². The zero-order chi connectivity index (χ0) is 20.0. The van der Waals surface area contributed by atoms with Gasteiger partial charge in [-0.3, -0.25) is 9.78 Å². The number of hydrogen-bond acceptors (Lipinski definition) is 5. The number of ether oxygens (including phenoxy) is 1. The molecule has 28 heavy (non-hydrogen) atoms. The minimum Gasteiger partial charge on any atom is -0.497 e. The van der Waals surface area contributed by atoms with Gasteiger partial charge in [0.05, 0.1) is 18.9 Å². The molecule has 0 unspecified atom stereocenters. The number of piperidine rings is 1. The van der Waals surface area contributed by atoms with Crippen molar-refractivity contribution in [3.05, 3.63) is 59.9 Å². The fraction of sp³-hybridized carbons (Fsp3) is 0.400. The minimum atomic E-state index is -3.51. The zero-order valence-corrected chi connectivity index (χ0v) is 16.7. The second-order valence-electron chi connectivity index (χ2n) is 6.71. The van der Waals surface area contributed by atoms with E-state index in [1.54, 1.807) is 41.0 Å². The SMILES string of the molecule is COc1cccc(C(=O)NCCS(=O)(=O)N2CCCC[C@@H]2c2cccnc2)c1. The first-order valence-electron chi connectivity index (χ1n) is 9.33. The van der Waals surface area contributed by atoms with Crippen LogP contribution in [0.15, 0.2) is 48.8 Å². The molecule has 7 nitrogen and oxygen atoms in total. The molecule has 0 bridgehead atoms. The lowest BCUT2D eigenvalue weighted by Gasteiger charge is -2.34. The lowest BCUT2D eigenvalue weighted by Crippen LogP contribution is -2.42. The number of carbonyl (C=O) groups is 1. The molecular weight excluding hydrogens is 378 g/mol. The summed E-state index contributed by atoms with van der Waals surface area (Å²) in [6, 6.07) is 10.3. The molecule has 150 valence electrons. The fourth-order valence-electron chi connectivity index (χ4n) is 3.42. The summed E-state index contributed by atoms with van der Waals surface area (Å²) in [5, 5.41) is 2.69. The maximum Gasteiger partial charge on any atom is 0.251 e. The summed E-state index contributed by atoms with van der Waals surface area (Å²) in [5.41, 5.74) is 1.34. The normalized spacial score (nSPS) is 17.8. The number of amides is 1. The number of carbonyl (C=O) groups excluding carboxylic acids is 1. The van der Waals surface area contributed by atoms with Gasteiger partial charge in [-0.25, -0.2) is 8.42 Å². The number of nitrogens with zero attached hydrogens (tertiary/aromatic N) is 2. The Balaban J connectivity index is 1.63. The van der Waals surface area contributed by atoms with E-state index in [0.29, 0.717) is 17.9 Å². The van der Waals surface area contributed by atoms with Crippen molar-refractivity contribution >= 4 is 15.9 Å². The molecule has 1 saturated heterocycles. The Hall–Kier alpha value is -2.45. The zero-order valence-electron chi connectivity index (χ0n) is 15.9. The molecule has 1 N–H and O–H groups in total. The molecule has 1 aliphatic heterocycles. The van der Waals surface area contributed by atoms with E-state index in [2.05, 4.69) is 10.3 Å². The van der Waals surface area contributed by atoms with Gasteiger partial charge in [-0.2, -0.15) is 4.31 Å². The lowest BCUT2D eigenvalue weighted by atomic mass is 9.99. The lowest BCUT2D eigenvalue weighted by molar-refractivity contribution is 0.0955. The second-order valence-corrected chi connectivity index (χ2v) is 8.75. The monoisotopic (exact) mass is 403 g/mol. The number of rotatable bonds is 7. The summed E-state index contributed by atoms with van der Waals surface area (Å²) in [6.07, 6.45) is 6.01. The van der Waals surface area contributed by atoms with Crippen LogP contribution < -0.4 is 10.1 Å². The third-order valence-corrected chi connectivity index (χ3v) is 6.73. The van der Waals surface area contributed by atoms with E-state index in [-0.39, 0.29) is 24.2 Å². The summed E-state index contributed by atoms with van der Waals surface area (Å²) in [5.74, 6) is 0.115. The van der Waals surface area contributed by atoms with Crippen molar-refractivity contribution in [3.63, 3.8) is 0 Å². The smallest absolute Gasteiger partial charge is 0.251 e. The molecular formula is C20H25N3O4S. The Morgan fingerprint density at radius 2 is 2.14 bits per heavy atom. The highest BCUT2D eigenvalue weighted by molar-refractivity contribution is 7.89. The molecule has 2 aromatic rings. The van der Waals surface area contributed by atoms with Crippen molar-refractivity contribution in [2.24, 2.45) is 0 Å². The first-order chi connectivity index (χ1) is 13.5. The molecule has 2 heterocycles. The fourth-order valence-corrected chi connectivity index (χ4v) is 5.04. The minimum absolute atomic E-state index is 0.0502. The van der Waals surface area contributed by atoms with Gasteiger partial charge in [0.1, 0.15) is 5.75 Å². The Morgan fingerprint density at radius 3 is 2.89 bits per heavy atom. The molecule has 1 amide bonds. The summed E-state index contributed by atoms with van der Waals surface area (Å²) < 4.78 is 32.5. The Labute approximate surface area is 165 Å². The quantitative estimate of drug-likeness (QED) is 0.767. The average molecular weight is 404 g/mol. The van der Waals surface area contributed by atoms with Gasteiger partial charge < -0.3 is 10.1 Å². The number of nitrogens with one attached hydrogen (secondary N) is 1. The van der Waals surface area contributed by atoms with E-state index in [9.17, 15) is 13.2 Å². The predicted molar refractivity (Wildman–Crippen MR) is 107 cm³/mol. The third-order valence-electron chi connectivity index (χ3n) is 4.86. The van der Waals surface area contributed by atoms with Crippen LogP contribution >= 0.6 is 0 Å². The van der Waals surface area contributed by atoms with E-state index in [4.69, 9.17) is 4.74 Å². The summed E-state index contributed by atoms with van der Waals surface area (Å²) in [4.78, 5) is 16.4. The van der Waals surface area contributed by atoms with Crippen LogP contribution in [0.1, 0.15) is 41.2 Å². The van der Waals surface area contributed by atoms with Gasteiger partial charge in [0.15, 0.2) is 0 Å². The first-order valence-corrected chi connectivity index (χ1v) is 10.9. The molecule has 0 saturated carbocycles. The van der Waals surface area contributed by atoms with E-state index < -0.39 is 10.0 Å². The van der Waals surface area contributed by atoms with E-state index >= 15 is 0 Å². The van der Waals surface area contributed by atoms with Crippen molar-refractivity contribution in [2.45, 2.75) is 25.3 Å². The Bertz CT molecular complexity index is 903. The van der Waals surface area contributed by atoms with Crippen molar-refractivity contribution in [3.8, 4) is 5.75 Å². The Kier molecular flexibility index (Phi) is 6.64. The number of sulfonamides is 1. The molecule has 0 spiro atoms. The number of benzene rings is 1. The molecule has 1 atom stereocenters. The summed E-state index contributed by atoms with van der Waals surface area (Å²) >= 11 is 0. The predicted octanol–water partition coefficient (Wildman–Crippen LogP) is 2.38. The second kappa shape index (κ2) is 9.16. The van der Waals surface area contributed by atoms with Crippen LogP contribution in [-0.2, 0) is 10.0 Å². The molecule has 1 aromatic heterocycles. The van der Waals surface area contributed by atoms with Crippen molar-refractivity contribution in [1.82, 2.24) is 14.6 Å². The molecule has 3 rings (SSSR count). The van der Waals surface area contributed by atoms with Crippen LogP contribution in [0.4, 0.5) is 0 Å². The van der Waals surface area contributed by atoms with Crippen LogP contribution in [0.5, 0.6) is 5.75 Å². The van der Waals surface area contributed by atoms with Crippen LogP contribution in [0, 0.1) is 0 Å². The first kappa shape index (κ1) is 20.3. The average Bonchev–Trinajstić information content (AvgIpc) is 2.74. The highest BCUT2D eigenvalue weighted by Crippen LogP contribution is 2.32. The van der Waals surface area contributed by atoms with Gasteiger partial charge in [-0.1, -0.05) is 18.6 Å². The molecule has 1 fully saturated rings. The Morgan fingerprint density at radius 1 is 1.29 bits per heavy atom. The van der Waals surface area contributed by atoms with Crippen LogP contribution in [0.3, 0.4) is 0 Å². The number of hydrogen-bond donors (Lipinski definition) is 1. The van der Waals surface area contributed by atoms with Crippen LogP contribution in [0.25, 0.3) is 0 Å². The molecule has 1 aromatic carbocycles. The van der Waals surface area contributed by atoms with Crippen molar-refractivity contribution < 1.29 is 17.9 Å².